The van der Waals surface area contributed by atoms with Gasteiger partial charge in [-0.1, -0.05) is 98.8 Å². The molecule has 2 atom stereocenters. The average Bonchev–Trinajstić information content (AvgIpc) is 3.72. The van der Waals surface area contributed by atoms with E-state index in [2.05, 4.69) is 39.7 Å². The molecule has 3 amide bonds. The van der Waals surface area contributed by atoms with Gasteiger partial charge in [-0.05, 0) is 53.1 Å². The third-order valence-corrected chi connectivity index (χ3v) is 9.12. The van der Waals surface area contributed by atoms with Crippen molar-refractivity contribution in [2.45, 2.75) is 38.9 Å². The Bertz CT molecular complexity index is 2130. The van der Waals surface area contributed by atoms with Crippen molar-refractivity contribution in [1.82, 2.24) is 24.9 Å². The normalized spacial score (nSPS) is 14.9. The van der Waals surface area contributed by atoms with E-state index in [0.717, 1.165) is 44.2 Å². The summed E-state index contributed by atoms with van der Waals surface area (Å²) in [6, 6.07) is 34.4. The molecule has 1 aliphatic heterocycles. The molecule has 2 N–H and O–H groups in total. The molecule has 7 rings (SSSR count). The number of aryl methyl sites for hydroxylation is 1. The summed E-state index contributed by atoms with van der Waals surface area (Å²) in [5.41, 5.74) is 11.7. The molecule has 0 bridgehead atoms. The number of aromatic nitrogens is 2. The van der Waals surface area contributed by atoms with Gasteiger partial charge in [0.15, 0.2) is 0 Å². The Hall–Kier alpha value is -5.63. The van der Waals surface area contributed by atoms with Crippen LogP contribution in [0, 0.1) is 5.92 Å². The lowest BCUT2D eigenvalue weighted by molar-refractivity contribution is -0.132. The molecule has 0 radical (unpaired) electrons. The molecule has 2 unspecified atom stereocenters. The molecule has 1 aliphatic rings. The number of benzene rings is 4. The zero-order valence-corrected chi connectivity index (χ0v) is 26.7. The van der Waals surface area contributed by atoms with Gasteiger partial charge in [0.1, 0.15) is 12.6 Å². The van der Waals surface area contributed by atoms with Crippen LogP contribution >= 0.6 is 0 Å². The number of carbonyl (C=O) groups excluding carboxylic acids is 3. The van der Waals surface area contributed by atoms with Crippen LogP contribution in [0.5, 0.6) is 0 Å². The maximum atomic E-state index is 14.4. The van der Waals surface area contributed by atoms with Crippen molar-refractivity contribution in [2.24, 2.45) is 13.0 Å². The van der Waals surface area contributed by atoms with Crippen molar-refractivity contribution in [3.63, 3.8) is 0 Å². The highest BCUT2D eigenvalue weighted by Gasteiger charge is 2.46. The van der Waals surface area contributed by atoms with Gasteiger partial charge in [0, 0.05) is 40.8 Å². The number of carbonyl (C=O) groups is 3. The highest BCUT2D eigenvalue weighted by Crippen LogP contribution is 2.47. The van der Waals surface area contributed by atoms with Crippen LogP contribution in [0.2, 0.25) is 0 Å². The van der Waals surface area contributed by atoms with E-state index in [1.54, 1.807) is 4.90 Å². The molecular formula is C39H37N5O3. The van der Waals surface area contributed by atoms with Gasteiger partial charge < -0.3 is 14.0 Å². The second-order valence-electron chi connectivity index (χ2n) is 12.6. The zero-order valence-electron chi connectivity index (χ0n) is 26.7. The van der Waals surface area contributed by atoms with Crippen LogP contribution in [0.1, 0.15) is 47.8 Å². The summed E-state index contributed by atoms with van der Waals surface area (Å²) >= 11 is 0. The van der Waals surface area contributed by atoms with Gasteiger partial charge in [-0.2, -0.15) is 0 Å². The van der Waals surface area contributed by atoms with Gasteiger partial charge in [0.25, 0.3) is 17.7 Å². The third-order valence-electron chi connectivity index (χ3n) is 9.12. The van der Waals surface area contributed by atoms with Crippen LogP contribution in [0.4, 0.5) is 0 Å². The molecule has 0 saturated heterocycles. The first kappa shape index (κ1) is 30.0. The van der Waals surface area contributed by atoms with E-state index in [0.29, 0.717) is 12.0 Å². The van der Waals surface area contributed by atoms with Gasteiger partial charge in [0.05, 0.1) is 11.7 Å². The fourth-order valence-electron chi connectivity index (χ4n) is 7.08. The molecule has 0 saturated carbocycles. The van der Waals surface area contributed by atoms with Crippen molar-refractivity contribution < 1.29 is 14.4 Å². The number of hydrazine groups is 1. The molecule has 47 heavy (non-hydrogen) atoms. The molecule has 0 fully saturated rings. The SMILES string of the molecule is CC(C)CC(C(=O)NNC(=O)Cn1ccc2ccccc21)N1C(=O)c2ccccc2C1c1c(-c2ccccc2)n(C)c2ccccc12. The topological polar surface area (TPSA) is 88.4 Å². The summed E-state index contributed by atoms with van der Waals surface area (Å²) in [5.74, 6) is -0.914. The van der Waals surface area contributed by atoms with E-state index in [1.165, 1.54) is 0 Å². The number of para-hydroxylation sites is 2. The molecule has 236 valence electrons. The molecule has 0 spiro atoms. The van der Waals surface area contributed by atoms with Crippen LogP contribution in [0.25, 0.3) is 33.1 Å². The Morgan fingerprint density at radius 3 is 2.26 bits per heavy atom. The largest absolute Gasteiger partial charge is 0.343 e. The van der Waals surface area contributed by atoms with Crippen molar-refractivity contribution in [2.75, 3.05) is 0 Å². The molecule has 6 aromatic rings. The quantitative estimate of drug-likeness (QED) is 0.187. The van der Waals surface area contributed by atoms with Gasteiger partial charge in [-0.3, -0.25) is 25.2 Å². The maximum absolute atomic E-state index is 14.4. The molecule has 2 aromatic heterocycles. The summed E-state index contributed by atoms with van der Waals surface area (Å²) in [6.45, 7) is 4.11. The van der Waals surface area contributed by atoms with Crippen molar-refractivity contribution in [3.8, 4) is 11.3 Å². The van der Waals surface area contributed by atoms with E-state index >= 15 is 0 Å². The van der Waals surface area contributed by atoms with Gasteiger partial charge in [-0.15, -0.1) is 0 Å². The number of nitrogens with zero attached hydrogens (tertiary/aromatic N) is 3. The number of hydrogen-bond donors (Lipinski definition) is 2. The number of hydrogen-bond acceptors (Lipinski definition) is 3. The first-order valence-electron chi connectivity index (χ1n) is 16.0. The highest BCUT2D eigenvalue weighted by molar-refractivity contribution is 6.04. The van der Waals surface area contributed by atoms with Crippen LogP contribution in [-0.2, 0) is 23.2 Å². The van der Waals surface area contributed by atoms with E-state index < -0.39 is 18.0 Å². The van der Waals surface area contributed by atoms with Crippen molar-refractivity contribution in [1.29, 1.82) is 0 Å². The number of nitrogens with one attached hydrogen (secondary N) is 2. The minimum Gasteiger partial charge on any atom is -0.343 e. The van der Waals surface area contributed by atoms with Crippen LogP contribution in [0.15, 0.2) is 115 Å². The monoisotopic (exact) mass is 623 g/mol. The van der Waals surface area contributed by atoms with Crippen LogP contribution < -0.4 is 10.9 Å². The Balaban J connectivity index is 1.28. The first-order chi connectivity index (χ1) is 22.8. The standard InChI is InChI=1S/C39H37N5O3/c1-25(2)23-33(38(46)41-40-34(45)24-43-22-21-26-13-7-11-19-31(26)43)44-37(28-16-8-9-17-29(28)39(44)47)35-30-18-10-12-20-32(30)42(3)36(35)27-14-5-4-6-15-27/h4-22,25,33,37H,23-24H2,1-3H3,(H,40,45)(H,41,46). The number of rotatable bonds is 8. The minimum absolute atomic E-state index is 0.0375. The fraction of sp³-hybridized carbons (Fsp3) is 0.205. The lowest BCUT2D eigenvalue weighted by Crippen LogP contribution is -2.54. The van der Waals surface area contributed by atoms with Crippen molar-refractivity contribution >= 4 is 39.5 Å². The Morgan fingerprint density at radius 1 is 0.787 bits per heavy atom. The Morgan fingerprint density at radius 2 is 1.47 bits per heavy atom. The molecule has 8 nitrogen and oxygen atoms in total. The Labute approximate surface area is 273 Å². The average molecular weight is 624 g/mol. The van der Waals surface area contributed by atoms with Crippen LogP contribution in [-0.4, -0.2) is 37.8 Å². The van der Waals surface area contributed by atoms with Gasteiger partial charge in [0.2, 0.25) is 0 Å². The molecular weight excluding hydrogens is 586 g/mol. The third kappa shape index (κ3) is 5.35. The Kier molecular flexibility index (Phi) is 7.85. The van der Waals surface area contributed by atoms with E-state index in [1.807, 2.05) is 117 Å². The maximum Gasteiger partial charge on any atom is 0.261 e. The predicted octanol–water partition coefficient (Wildman–Crippen LogP) is 6.61. The molecule has 0 aliphatic carbocycles. The number of fused-ring (bicyclic) bond motifs is 3. The predicted molar refractivity (Wildman–Crippen MR) is 184 cm³/mol. The van der Waals surface area contributed by atoms with Crippen LogP contribution in [0.3, 0.4) is 0 Å². The van der Waals surface area contributed by atoms with Gasteiger partial charge >= 0.3 is 0 Å². The summed E-state index contributed by atoms with van der Waals surface area (Å²) in [4.78, 5) is 43.4. The van der Waals surface area contributed by atoms with E-state index in [-0.39, 0.29) is 24.3 Å². The highest BCUT2D eigenvalue weighted by atomic mass is 16.2. The zero-order chi connectivity index (χ0) is 32.7. The summed E-state index contributed by atoms with van der Waals surface area (Å²) in [5, 5.41) is 2.05. The summed E-state index contributed by atoms with van der Waals surface area (Å²) in [7, 11) is 2.04. The first-order valence-corrected chi connectivity index (χ1v) is 16.0. The van der Waals surface area contributed by atoms with E-state index in [4.69, 9.17) is 0 Å². The fourth-order valence-corrected chi connectivity index (χ4v) is 7.08. The second-order valence-corrected chi connectivity index (χ2v) is 12.6. The van der Waals surface area contributed by atoms with Crippen molar-refractivity contribution in [3.05, 3.63) is 132 Å². The number of amides is 3. The minimum atomic E-state index is -0.852. The van der Waals surface area contributed by atoms with Gasteiger partial charge in [-0.25, -0.2) is 0 Å². The van der Waals surface area contributed by atoms with E-state index in [9.17, 15) is 14.4 Å². The molecule has 8 heteroatoms. The summed E-state index contributed by atoms with van der Waals surface area (Å²) < 4.78 is 4.01. The molecule has 4 aromatic carbocycles. The smallest absolute Gasteiger partial charge is 0.261 e. The second kappa shape index (κ2) is 12.3. The summed E-state index contributed by atoms with van der Waals surface area (Å²) in [6.07, 6.45) is 2.26. The lowest BCUT2D eigenvalue weighted by atomic mass is 9.91. The molecule has 3 heterocycles. The lowest BCUT2D eigenvalue weighted by Gasteiger charge is -2.34.